The van der Waals surface area contributed by atoms with Crippen molar-refractivity contribution in [1.82, 2.24) is 20.4 Å². The second-order valence-electron chi connectivity index (χ2n) is 12.8. The highest BCUT2D eigenvalue weighted by atomic mass is 16.5. The standard InChI is InChI=1S/C32H52N4O5/c1-22(2)14-26(21-35(3)4)34-31(37)24-17-25(19-33-18-24)32(38)36(27-9-10-27)20-23-15-29-28(8-6-12-40-29)30(16-23)41-13-7-11-39-5/h15-16,22,24-27,33H,6-14,17-21H2,1-5H3,(H,34,37)/t24-,25+,26+/m0/s1. The Hall–Kier alpha value is -2.36. The third-order valence-corrected chi connectivity index (χ3v) is 8.19. The van der Waals surface area contributed by atoms with Gasteiger partial charge in [0.1, 0.15) is 11.5 Å². The van der Waals surface area contributed by atoms with E-state index in [1.54, 1.807) is 7.11 Å². The Morgan fingerprint density at radius 2 is 1.93 bits per heavy atom. The zero-order chi connectivity index (χ0) is 29.4. The number of nitrogens with one attached hydrogen (secondary N) is 2. The van der Waals surface area contributed by atoms with E-state index in [0.717, 1.165) is 67.7 Å². The fraction of sp³-hybridized carbons (Fsp3) is 0.750. The van der Waals surface area contributed by atoms with Crippen LogP contribution < -0.4 is 20.1 Å². The molecule has 1 saturated carbocycles. The van der Waals surface area contributed by atoms with Crippen LogP contribution in [0.1, 0.15) is 63.5 Å². The first-order valence-electron chi connectivity index (χ1n) is 15.6. The van der Waals surface area contributed by atoms with Gasteiger partial charge in [0.15, 0.2) is 0 Å². The maximum Gasteiger partial charge on any atom is 0.227 e. The average Bonchev–Trinajstić information content (AvgIpc) is 3.78. The molecule has 41 heavy (non-hydrogen) atoms. The third-order valence-electron chi connectivity index (χ3n) is 8.19. The van der Waals surface area contributed by atoms with Crippen LogP contribution in [0.5, 0.6) is 11.5 Å². The molecule has 0 aromatic heterocycles. The van der Waals surface area contributed by atoms with Crippen molar-refractivity contribution >= 4 is 11.8 Å². The van der Waals surface area contributed by atoms with E-state index in [9.17, 15) is 9.59 Å². The summed E-state index contributed by atoms with van der Waals surface area (Å²) in [6.45, 7) is 8.87. The Labute approximate surface area is 246 Å². The van der Waals surface area contributed by atoms with Crippen LogP contribution in [0, 0.1) is 17.8 Å². The molecule has 2 N–H and O–H groups in total. The molecule has 2 aliphatic heterocycles. The van der Waals surface area contributed by atoms with Gasteiger partial charge in [0.25, 0.3) is 0 Å². The summed E-state index contributed by atoms with van der Waals surface area (Å²) in [6, 6.07) is 4.55. The molecular weight excluding hydrogens is 520 g/mol. The molecule has 2 heterocycles. The van der Waals surface area contributed by atoms with E-state index in [1.165, 1.54) is 0 Å². The Morgan fingerprint density at radius 1 is 1.15 bits per heavy atom. The predicted molar refractivity (Wildman–Crippen MR) is 160 cm³/mol. The Kier molecular flexibility index (Phi) is 11.7. The molecule has 230 valence electrons. The number of piperidine rings is 1. The van der Waals surface area contributed by atoms with Crippen molar-refractivity contribution in [2.45, 2.75) is 77.4 Å². The molecule has 3 atom stereocenters. The molecule has 0 bridgehead atoms. The molecule has 1 aromatic rings. The number of fused-ring (bicyclic) bond motifs is 1. The highest BCUT2D eigenvalue weighted by Crippen LogP contribution is 2.37. The molecule has 0 radical (unpaired) electrons. The number of methoxy groups -OCH3 is 1. The number of carbonyl (C=O) groups is 2. The highest BCUT2D eigenvalue weighted by Gasteiger charge is 2.39. The Morgan fingerprint density at radius 3 is 2.63 bits per heavy atom. The van der Waals surface area contributed by atoms with Crippen LogP contribution in [0.15, 0.2) is 12.1 Å². The van der Waals surface area contributed by atoms with Crippen molar-refractivity contribution < 1.29 is 23.8 Å². The van der Waals surface area contributed by atoms with Gasteiger partial charge in [-0.1, -0.05) is 13.8 Å². The van der Waals surface area contributed by atoms with Crippen molar-refractivity contribution in [3.05, 3.63) is 23.3 Å². The van der Waals surface area contributed by atoms with Crippen molar-refractivity contribution in [3.8, 4) is 11.5 Å². The van der Waals surface area contributed by atoms with E-state index < -0.39 is 0 Å². The summed E-state index contributed by atoms with van der Waals surface area (Å²) in [6.07, 6.45) is 6.30. The summed E-state index contributed by atoms with van der Waals surface area (Å²) in [7, 11) is 5.77. The zero-order valence-electron chi connectivity index (χ0n) is 25.9. The number of nitrogens with zero attached hydrogens (tertiary/aromatic N) is 2. The maximum absolute atomic E-state index is 14.0. The molecule has 0 spiro atoms. The maximum atomic E-state index is 14.0. The first-order valence-corrected chi connectivity index (χ1v) is 15.6. The van der Waals surface area contributed by atoms with E-state index in [0.29, 0.717) is 51.8 Å². The number of benzene rings is 1. The summed E-state index contributed by atoms with van der Waals surface area (Å²) in [5, 5.41) is 6.69. The topological polar surface area (TPSA) is 92.4 Å². The molecule has 9 heteroatoms. The van der Waals surface area contributed by atoms with Crippen LogP contribution in [0.25, 0.3) is 0 Å². The fourth-order valence-corrected chi connectivity index (χ4v) is 6.13. The molecule has 1 aliphatic carbocycles. The Balaban J connectivity index is 1.42. The SMILES string of the molecule is COCCCOc1cc(CN(C(=O)[C@H]2CNC[C@@H](C(=O)N[C@H](CC(C)C)CN(C)C)C2)C2CC2)cc2c1CCCO2. The van der Waals surface area contributed by atoms with Gasteiger partial charge in [-0.3, -0.25) is 9.59 Å². The summed E-state index contributed by atoms with van der Waals surface area (Å²) >= 11 is 0. The lowest BCUT2D eigenvalue weighted by atomic mass is 9.88. The summed E-state index contributed by atoms with van der Waals surface area (Å²) in [5.41, 5.74) is 2.16. The number of ether oxygens (including phenoxy) is 3. The molecule has 3 aliphatic rings. The molecule has 9 nitrogen and oxygen atoms in total. The quantitative estimate of drug-likeness (QED) is 0.312. The number of hydrogen-bond acceptors (Lipinski definition) is 7. The van der Waals surface area contributed by atoms with E-state index in [4.69, 9.17) is 14.2 Å². The number of carbonyl (C=O) groups excluding carboxylic acids is 2. The number of amides is 2. The fourth-order valence-electron chi connectivity index (χ4n) is 6.13. The monoisotopic (exact) mass is 572 g/mol. The number of likely N-dealkylation sites (N-methyl/N-ethyl adjacent to an activating group) is 1. The Bertz CT molecular complexity index is 1000. The first kappa shape index (κ1) is 31.6. The molecule has 1 aromatic carbocycles. The van der Waals surface area contributed by atoms with E-state index in [2.05, 4.69) is 41.5 Å². The van der Waals surface area contributed by atoms with Crippen LogP contribution in [-0.4, -0.2) is 94.4 Å². The minimum absolute atomic E-state index is 0.0579. The van der Waals surface area contributed by atoms with Gasteiger partial charge in [0.05, 0.1) is 25.0 Å². The third kappa shape index (κ3) is 9.32. The van der Waals surface area contributed by atoms with Gasteiger partial charge in [-0.25, -0.2) is 0 Å². The van der Waals surface area contributed by atoms with E-state index in [-0.39, 0.29) is 35.7 Å². The van der Waals surface area contributed by atoms with Crippen LogP contribution in [0.2, 0.25) is 0 Å². The first-order chi connectivity index (χ1) is 19.7. The van der Waals surface area contributed by atoms with Gasteiger partial charge in [-0.15, -0.1) is 0 Å². The van der Waals surface area contributed by atoms with Gasteiger partial charge in [0, 0.05) is 64.0 Å². The molecule has 4 rings (SSSR count). The molecular formula is C32H52N4O5. The van der Waals surface area contributed by atoms with Crippen LogP contribution in [0.3, 0.4) is 0 Å². The summed E-state index contributed by atoms with van der Waals surface area (Å²) in [4.78, 5) is 31.4. The smallest absolute Gasteiger partial charge is 0.227 e. The van der Waals surface area contributed by atoms with Crippen molar-refractivity contribution in [2.75, 3.05) is 60.7 Å². The van der Waals surface area contributed by atoms with Gasteiger partial charge in [0.2, 0.25) is 11.8 Å². The van der Waals surface area contributed by atoms with Crippen molar-refractivity contribution in [1.29, 1.82) is 0 Å². The summed E-state index contributed by atoms with van der Waals surface area (Å²) < 4.78 is 17.4. The lowest BCUT2D eigenvalue weighted by molar-refractivity contribution is -0.138. The molecule has 2 amide bonds. The molecule has 1 saturated heterocycles. The van der Waals surface area contributed by atoms with E-state index >= 15 is 0 Å². The van der Waals surface area contributed by atoms with Crippen LogP contribution in [0.4, 0.5) is 0 Å². The largest absolute Gasteiger partial charge is 0.493 e. The van der Waals surface area contributed by atoms with Gasteiger partial charge in [-0.05, 0) is 76.2 Å². The average molecular weight is 573 g/mol. The molecule has 0 unspecified atom stereocenters. The van der Waals surface area contributed by atoms with Crippen LogP contribution in [-0.2, 0) is 27.3 Å². The van der Waals surface area contributed by atoms with Crippen LogP contribution >= 0.6 is 0 Å². The van der Waals surface area contributed by atoms with Gasteiger partial charge >= 0.3 is 0 Å². The predicted octanol–water partition coefficient (Wildman–Crippen LogP) is 3.24. The normalized spacial score (nSPS) is 21.2. The highest BCUT2D eigenvalue weighted by molar-refractivity contribution is 5.83. The second kappa shape index (κ2) is 15.2. The number of hydrogen-bond donors (Lipinski definition) is 2. The van der Waals surface area contributed by atoms with Gasteiger partial charge in [-0.2, -0.15) is 0 Å². The number of rotatable bonds is 15. The summed E-state index contributed by atoms with van der Waals surface area (Å²) in [5.74, 6) is 2.02. The van der Waals surface area contributed by atoms with E-state index in [1.807, 2.05) is 19.0 Å². The van der Waals surface area contributed by atoms with Crippen molar-refractivity contribution in [2.24, 2.45) is 17.8 Å². The van der Waals surface area contributed by atoms with Crippen molar-refractivity contribution in [3.63, 3.8) is 0 Å². The second-order valence-corrected chi connectivity index (χ2v) is 12.8. The zero-order valence-corrected chi connectivity index (χ0v) is 25.9. The lowest BCUT2D eigenvalue weighted by Gasteiger charge is -2.34. The minimum Gasteiger partial charge on any atom is -0.493 e. The minimum atomic E-state index is -0.212. The van der Waals surface area contributed by atoms with Gasteiger partial charge < -0.3 is 34.6 Å². The lowest BCUT2D eigenvalue weighted by Crippen LogP contribution is -2.52. The molecule has 2 fully saturated rings.